The second kappa shape index (κ2) is 9.39. The minimum atomic E-state index is 0.134. The highest BCUT2D eigenvalue weighted by Gasteiger charge is 2.30. The highest BCUT2D eigenvalue weighted by molar-refractivity contribution is 5.20. The first-order valence-corrected chi connectivity index (χ1v) is 9.78. The molecule has 1 atom stereocenters. The number of rotatable bonds is 11. The molecule has 1 aromatic heterocycles. The Hall–Kier alpha value is -0.920. The van der Waals surface area contributed by atoms with E-state index in [2.05, 4.69) is 53.9 Å². The molecule has 0 aliphatic heterocycles. The van der Waals surface area contributed by atoms with Crippen LogP contribution in [0.15, 0.2) is 12.4 Å². The van der Waals surface area contributed by atoms with Crippen molar-refractivity contribution < 1.29 is 0 Å². The lowest BCUT2D eigenvalue weighted by Gasteiger charge is -2.31. The Labute approximate surface area is 144 Å². The van der Waals surface area contributed by atoms with Gasteiger partial charge in [-0.15, -0.1) is 0 Å². The predicted molar refractivity (Wildman–Crippen MR) is 101 cm³/mol. The zero-order valence-electron chi connectivity index (χ0n) is 16.4. The summed E-state index contributed by atoms with van der Waals surface area (Å²) in [5.74, 6) is 1.05. The molecule has 0 aliphatic rings. The Balaban J connectivity index is 3.04. The minimum absolute atomic E-state index is 0.134. The van der Waals surface area contributed by atoms with Crippen LogP contribution in [0.3, 0.4) is 0 Å². The first kappa shape index (κ1) is 20.1. The van der Waals surface area contributed by atoms with Gasteiger partial charge in [-0.3, -0.25) is 0 Å². The van der Waals surface area contributed by atoms with E-state index in [1.54, 1.807) is 0 Å². The molecule has 0 spiro atoms. The summed E-state index contributed by atoms with van der Waals surface area (Å²) in [5, 5.41) is 0. The molecule has 23 heavy (non-hydrogen) atoms. The van der Waals surface area contributed by atoms with E-state index in [1.165, 1.54) is 63.4 Å². The number of hydrogen-bond acceptors (Lipinski definition) is 2. The lowest BCUT2D eigenvalue weighted by Crippen LogP contribution is -2.27. The van der Waals surface area contributed by atoms with Crippen molar-refractivity contribution in [3.63, 3.8) is 0 Å². The summed E-state index contributed by atoms with van der Waals surface area (Å²) in [6.45, 7) is 13.8. The van der Waals surface area contributed by atoms with Gasteiger partial charge in [0.15, 0.2) is 0 Å². The maximum Gasteiger partial charge on any atom is 0.134 e. The minimum Gasteiger partial charge on any atom is -0.240 e. The molecule has 1 aromatic rings. The summed E-state index contributed by atoms with van der Waals surface area (Å²) in [7, 11) is 0. The van der Waals surface area contributed by atoms with E-state index >= 15 is 0 Å². The third kappa shape index (κ3) is 5.29. The van der Waals surface area contributed by atoms with Gasteiger partial charge in [-0.2, -0.15) is 0 Å². The van der Waals surface area contributed by atoms with E-state index in [9.17, 15) is 0 Å². The Morgan fingerprint density at radius 3 is 1.61 bits per heavy atom. The smallest absolute Gasteiger partial charge is 0.134 e. The van der Waals surface area contributed by atoms with Gasteiger partial charge in [-0.25, -0.2) is 9.97 Å². The summed E-state index contributed by atoms with van der Waals surface area (Å²) in [6, 6.07) is 0. The van der Waals surface area contributed by atoms with Gasteiger partial charge in [-0.1, -0.05) is 73.6 Å². The number of nitrogens with zero attached hydrogens (tertiary/aromatic N) is 2. The molecule has 0 radical (unpaired) electrons. The van der Waals surface area contributed by atoms with Crippen LogP contribution in [-0.2, 0) is 10.8 Å². The first-order chi connectivity index (χ1) is 11.0. The van der Waals surface area contributed by atoms with E-state index in [1.807, 2.05) is 0 Å². The number of hydrogen-bond donors (Lipinski definition) is 0. The van der Waals surface area contributed by atoms with Crippen molar-refractivity contribution in [1.82, 2.24) is 9.97 Å². The van der Waals surface area contributed by atoms with Crippen molar-refractivity contribution >= 4 is 0 Å². The molecular weight excluding hydrogens is 280 g/mol. The van der Waals surface area contributed by atoms with Gasteiger partial charge in [0.05, 0.1) is 0 Å². The zero-order chi connectivity index (χ0) is 17.3. The van der Waals surface area contributed by atoms with Crippen LogP contribution in [0.2, 0.25) is 0 Å². The fourth-order valence-electron chi connectivity index (χ4n) is 3.94. The summed E-state index contributed by atoms with van der Waals surface area (Å²) < 4.78 is 0. The van der Waals surface area contributed by atoms with Crippen LogP contribution >= 0.6 is 0 Å². The maximum atomic E-state index is 4.84. The van der Waals surface area contributed by atoms with Crippen molar-refractivity contribution in [2.75, 3.05) is 0 Å². The standard InChI is InChI=1S/C21H38N2/c1-7-11-15-21(6,14-10-4)19-22-16-18(17-23-19)20(5,12-8-2)13-9-3/h16-17H,7-15H2,1-6H3. The van der Waals surface area contributed by atoms with Crippen molar-refractivity contribution in [2.24, 2.45) is 0 Å². The van der Waals surface area contributed by atoms with Crippen LogP contribution in [0.4, 0.5) is 0 Å². The van der Waals surface area contributed by atoms with Crippen LogP contribution in [0.1, 0.15) is 111 Å². The third-order valence-corrected chi connectivity index (χ3v) is 5.38. The molecule has 0 saturated carbocycles. The second-order valence-electron chi connectivity index (χ2n) is 7.77. The molecule has 2 heteroatoms. The molecule has 0 saturated heterocycles. The summed E-state index contributed by atoms with van der Waals surface area (Å²) in [6.07, 6.45) is 15.1. The van der Waals surface area contributed by atoms with Crippen LogP contribution < -0.4 is 0 Å². The highest BCUT2D eigenvalue weighted by Crippen LogP contribution is 2.35. The van der Waals surface area contributed by atoms with E-state index in [0.717, 1.165) is 5.82 Å². The molecule has 2 nitrogen and oxygen atoms in total. The molecule has 1 unspecified atom stereocenters. The Morgan fingerprint density at radius 2 is 1.17 bits per heavy atom. The predicted octanol–water partition coefficient (Wildman–Crippen LogP) is 6.58. The van der Waals surface area contributed by atoms with Crippen LogP contribution in [-0.4, -0.2) is 9.97 Å². The Bertz CT molecular complexity index is 432. The van der Waals surface area contributed by atoms with Gasteiger partial charge in [-0.05, 0) is 36.7 Å². The topological polar surface area (TPSA) is 25.8 Å². The Kier molecular flexibility index (Phi) is 8.22. The van der Waals surface area contributed by atoms with E-state index in [0.29, 0.717) is 0 Å². The normalized spacial score (nSPS) is 14.7. The fraction of sp³-hybridized carbons (Fsp3) is 0.810. The van der Waals surface area contributed by atoms with Crippen LogP contribution in [0.25, 0.3) is 0 Å². The van der Waals surface area contributed by atoms with Crippen molar-refractivity contribution in [3.05, 3.63) is 23.8 Å². The maximum absolute atomic E-state index is 4.84. The Morgan fingerprint density at radius 1 is 0.696 bits per heavy atom. The van der Waals surface area contributed by atoms with Crippen molar-refractivity contribution in [3.8, 4) is 0 Å². The number of unbranched alkanes of at least 4 members (excludes halogenated alkanes) is 1. The average molecular weight is 319 g/mol. The van der Waals surface area contributed by atoms with Gasteiger partial charge in [0, 0.05) is 17.8 Å². The quantitative estimate of drug-likeness (QED) is 0.460. The molecule has 0 amide bonds. The average Bonchev–Trinajstić information content (AvgIpc) is 2.54. The summed E-state index contributed by atoms with van der Waals surface area (Å²) >= 11 is 0. The van der Waals surface area contributed by atoms with Crippen LogP contribution in [0, 0.1) is 0 Å². The molecule has 0 N–H and O–H groups in total. The summed E-state index contributed by atoms with van der Waals surface area (Å²) in [5.41, 5.74) is 1.68. The van der Waals surface area contributed by atoms with Gasteiger partial charge in [0.2, 0.25) is 0 Å². The highest BCUT2D eigenvalue weighted by atomic mass is 14.9. The number of aromatic nitrogens is 2. The van der Waals surface area contributed by atoms with Crippen molar-refractivity contribution in [2.45, 2.75) is 110 Å². The SMILES string of the molecule is CCCCC(C)(CCC)c1ncc(C(C)(CCC)CCC)cn1. The zero-order valence-corrected chi connectivity index (χ0v) is 16.4. The lowest BCUT2D eigenvalue weighted by atomic mass is 9.76. The van der Waals surface area contributed by atoms with Gasteiger partial charge in [0.25, 0.3) is 0 Å². The molecule has 0 fully saturated rings. The molecule has 0 aliphatic carbocycles. The lowest BCUT2D eigenvalue weighted by molar-refractivity contribution is 0.356. The van der Waals surface area contributed by atoms with Gasteiger partial charge < -0.3 is 0 Å². The van der Waals surface area contributed by atoms with Gasteiger partial charge in [0.1, 0.15) is 5.82 Å². The molecule has 132 valence electrons. The molecule has 1 rings (SSSR count). The third-order valence-electron chi connectivity index (χ3n) is 5.38. The molecule has 0 bridgehead atoms. The van der Waals surface area contributed by atoms with Crippen LogP contribution in [0.5, 0.6) is 0 Å². The van der Waals surface area contributed by atoms with E-state index in [4.69, 9.17) is 9.97 Å². The van der Waals surface area contributed by atoms with E-state index in [-0.39, 0.29) is 10.8 Å². The second-order valence-corrected chi connectivity index (χ2v) is 7.77. The first-order valence-electron chi connectivity index (χ1n) is 9.78. The van der Waals surface area contributed by atoms with Crippen molar-refractivity contribution in [1.29, 1.82) is 0 Å². The fourth-order valence-corrected chi connectivity index (χ4v) is 3.94. The molecule has 1 heterocycles. The van der Waals surface area contributed by atoms with E-state index < -0.39 is 0 Å². The largest absolute Gasteiger partial charge is 0.240 e. The summed E-state index contributed by atoms with van der Waals surface area (Å²) in [4.78, 5) is 9.68. The molecular formula is C21H38N2. The van der Waals surface area contributed by atoms with Gasteiger partial charge >= 0.3 is 0 Å². The molecule has 0 aromatic carbocycles. The monoisotopic (exact) mass is 318 g/mol.